The van der Waals surface area contributed by atoms with Gasteiger partial charge in [0.1, 0.15) is 5.01 Å². The van der Waals surface area contributed by atoms with Crippen LogP contribution in [0.15, 0.2) is 29.2 Å². The molecule has 2 heterocycles. The molecule has 0 aliphatic carbocycles. The summed E-state index contributed by atoms with van der Waals surface area (Å²) in [5.74, 6) is 0.587. The van der Waals surface area contributed by atoms with Crippen LogP contribution in [0.25, 0.3) is 4.96 Å². The first-order chi connectivity index (χ1) is 11.4. The molecule has 0 saturated heterocycles. The van der Waals surface area contributed by atoms with Gasteiger partial charge in [-0.05, 0) is 26.0 Å². The largest absolute Gasteiger partial charge is 0.295 e. The van der Waals surface area contributed by atoms with E-state index < -0.39 is 10.0 Å². The number of Topliss-reactive ketones (excluding diaryl/α,β-unsaturated/α-hetero) is 1. The predicted molar refractivity (Wildman–Crippen MR) is 88.7 cm³/mol. The molecule has 0 bridgehead atoms. The highest BCUT2D eigenvalue weighted by atomic mass is 32.2. The average molecular weight is 365 g/mol. The molecule has 24 heavy (non-hydrogen) atoms. The molecular weight excluding hydrogens is 350 g/mol. The Kier molecular flexibility index (Phi) is 4.43. The van der Waals surface area contributed by atoms with Crippen molar-refractivity contribution < 1.29 is 13.2 Å². The summed E-state index contributed by atoms with van der Waals surface area (Å²) in [4.78, 5) is 12.0. The van der Waals surface area contributed by atoms with Crippen LogP contribution in [0, 0.1) is 6.92 Å². The highest BCUT2D eigenvalue weighted by Crippen LogP contribution is 2.14. The molecule has 10 heteroatoms. The van der Waals surface area contributed by atoms with E-state index in [9.17, 15) is 13.2 Å². The maximum atomic E-state index is 12.2. The van der Waals surface area contributed by atoms with E-state index in [0.717, 1.165) is 5.01 Å². The van der Waals surface area contributed by atoms with Crippen LogP contribution in [0.5, 0.6) is 0 Å². The summed E-state index contributed by atoms with van der Waals surface area (Å²) >= 11 is 1.38. The number of fused-ring (bicyclic) bond motifs is 1. The Morgan fingerprint density at radius 2 is 1.96 bits per heavy atom. The van der Waals surface area contributed by atoms with Crippen molar-refractivity contribution in [3.05, 3.63) is 40.7 Å². The summed E-state index contributed by atoms with van der Waals surface area (Å²) in [7, 11) is -3.62. The predicted octanol–water partition coefficient (Wildman–Crippen LogP) is 1.22. The van der Waals surface area contributed by atoms with Gasteiger partial charge < -0.3 is 0 Å². The third kappa shape index (κ3) is 3.35. The number of sulfonamides is 1. The minimum atomic E-state index is -3.62. The molecule has 3 aromatic rings. The van der Waals surface area contributed by atoms with E-state index in [1.807, 2.05) is 0 Å². The molecule has 0 amide bonds. The summed E-state index contributed by atoms with van der Waals surface area (Å²) in [5.41, 5.74) is 0.476. The first kappa shape index (κ1) is 16.7. The second-order valence-corrected chi connectivity index (χ2v) is 7.97. The van der Waals surface area contributed by atoms with Crippen LogP contribution in [-0.2, 0) is 16.4 Å². The number of ketones is 1. The van der Waals surface area contributed by atoms with Gasteiger partial charge in [-0.2, -0.15) is 9.61 Å². The van der Waals surface area contributed by atoms with Gasteiger partial charge in [0.15, 0.2) is 11.6 Å². The van der Waals surface area contributed by atoms with Gasteiger partial charge >= 0.3 is 0 Å². The molecule has 0 radical (unpaired) electrons. The molecule has 0 aliphatic rings. The highest BCUT2D eigenvalue weighted by molar-refractivity contribution is 7.89. The maximum Gasteiger partial charge on any atom is 0.240 e. The molecule has 0 aliphatic heterocycles. The number of rotatable bonds is 6. The van der Waals surface area contributed by atoms with E-state index in [2.05, 4.69) is 20.0 Å². The second kappa shape index (κ2) is 6.38. The van der Waals surface area contributed by atoms with Gasteiger partial charge in [-0.25, -0.2) is 13.1 Å². The standard InChI is InChI=1S/C14H15N5O3S2/c1-9(20)11-3-5-12(6-4-11)24(21,22)15-8-7-13-18-19-10(2)16-17-14(19)23-13/h3-6,15H,7-8H2,1-2H3. The molecule has 1 N–H and O–H groups in total. The van der Waals surface area contributed by atoms with Crippen molar-refractivity contribution in [2.75, 3.05) is 6.54 Å². The zero-order valence-electron chi connectivity index (χ0n) is 13.1. The van der Waals surface area contributed by atoms with Crippen molar-refractivity contribution in [1.29, 1.82) is 0 Å². The molecule has 0 spiro atoms. The monoisotopic (exact) mass is 365 g/mol. The van der Waals surface area contributed by atoms with Crippen LogP contribution >= 0.6 is 11.3 Å². The van der Waals surface area contributed by atoms with E-state index >= 15 is 0 Å². The number of benzene rings is 1. The Labute approximate surface area is 142 Å². The van der Waals surface area contributed by atoms with Gasteiger partial charge in [0.25, 0.3) is 0 Å². The maximum absolute atomic E-state index is 12.2. The smallest absolute Gasteiger partial charge is 0.240 e. The summed E-state index contributed by atoms with van der Waals surface area (Å²) < 4.78 is 28.6. The van der Waals surface area contributed by atoms with Crippen molar-refractivity contribution in [2.45, 2.75) is 25.2 Å². The Hall–Kier alpha value is -2.17. The lowest BCUT2D eigenvalue weighted by molar-refractivity contribution is 0.101. The molecule has 1 aromatic carbocycles. The number of hydrogen-bond acceptors (Lipinski definition) is 7. The Bertz CT molecular complexity index is 989. The number of carbonyl (C=O) groups excluding carboxylic acids is 1. The SMILES string of the molecule is CC(=O)c1ccc(S(=O)(=O)NCCc2nn3c(C)nnc3s2)cc1. The number of aryl methyl sites for hydroxylation is 1. The molecule has 2 aromatic heterocycles. The number of nitrogens with zero attached hydrogens (tertiary/aromatic N) is 4. The lowest BCUT2D eigenvalue weighted by Gasteiger charge is -2.06. The number of nitrogens with one attached hydrogen (secondary N) is 1. The average Bonchev–Trinajstić information content (AvgIpc) is 3.09. The number of hydrogen-bond donors (Lipinski definition) is 1. The molecule has 3 rings (SSSR count). The van der Waals surface area contributed by atoms with E-state index in [4.69, 9.17) is 0 Å². The van der Waals surface area contributed by atoms with Crippen molar-refractivity contribution in [2.24, 2.45) is 0 Å². The minimum absolute atomic E-state index is 0.106. The fraction of sp³-hybridized carbons (Fsp3) is 0.286. The number of aromatic nitrogens is 4. The molecule has 0 saturated carbocycles. The molecule has 8 nitrogen and oxygen atoms in total. The first-order valence-corrected chi connectivity index (χ1v) is 9.45. The van der Waals surface area contributed by atoms with Gasteiger partial charge in [0, 0.05) is 18.5 Å². The van der Waals surface area contributed by atoms with Crippen molar-refractivity contribution in [3.8, 4) is 0 Å². The summed E-state index contributed by atoms with van der Waals surface area (Å²) in [5, 5.41) is 13.0. The van der Waals surface area contributed by atoms with E-state index in [1.165, 1.54) is 42.5 Å². The Morgan fingerprint density at radius 1 is 1.25 bits per heavy atom. The van der Waals surface area contributed by atoms with Crippen LogP contribution in [0.4, 0.5) is 0 Å². The van der Waals surface area contributed by atoms with E-state index in [0.29, 0.717) is 22.8 Å². The van der Waals surface area contributed by atoms with E-state index in [-0.39, 0.29) is 17.2 Å². The zero-order valence-corrected chi connectivity index (χ0v) is 14.7. The zero-order chi connectivity index (χ0) is 17.3. The second-order valence-electron chi connectivity index (χ2n) is 5.17. The van der Waals surface area contributed by atoms with Gasteiger partial charge in [-0.1, -0.05) is 23.5 Å². The van der Waals surface area contributed by atoms with Crippen LogP contribution < -0.4 is 4.72 Å². The third-order valence-electron chi connectivity index (χ3n) is 3.39. The van der Waals surface area contributed by atoms with Crippen molar-refractivity contribution in [1.82, 2.24) is 24.5 Å². The summed E-state index contributed by atoms with van der Waals surface area (Å²) in [6.07, 6.45) is 0.457. The first-order valence-electron chi connectivity index (χ1n) is 7.15. The summed E-state index contributed by atoms with van der Waals surface area (Å²) in [6.45, 7) is 3.46. The Morgan fingerprint density at radius 3 is 2.58 bits per heavy atom. The topological polar surface area (TPSA) is 106 Å². The van der Waals surface area contributed by atoms with Crippen LogP contribution in [-0.4, -0.2) is 40.6 Å². The van der Waals surface area contributed by atoms with Gasteiger partial charge in [0.05, 0.1) is 4.90 Å². The minimum Gasteiger partial charge on any atom is -0.295 e. The third-order valence-corrected chi connectivity index (χ3v) is 5.83. The van der Waals surface area contributed by atoms with Gasteiger partial charge in [0.2, 0.25) is 15.0 Å². The van der Waals surface area contributed by atoms with Crippen LogP contribution in [0.3, 0.4) is 0 Å². The molecule has 0 atom stereocenters. The van der Waals surface area contributed by atoms with Crippen molar-refractivity contribution in [3.63, 3.8) is 0 Å². The highest BCUT2D eigenvalue weighted by Gasteiger charge is 2.15. The normalized spacial score (nSPS) is 11.9. The van der Waals surface area contributed by atoms with Crippen molar-refractivity contribution >= 4 is 32.1 Å². The quantitative estimate of drug-likeness (QED) is 0.658. The molecule has 0 unspecified atom stereocenters. The van der Waals surface area contributed by atoms with Crippen LogP contribution in [0.2, 0.25) is 0 Å². The number of carbonyl (C=O) groups is 1. The lowest BCUT2D eigenvalue weighted by atomic mass is 10.2. The Balaban J connectivity index is 1.65. The molecular formula is C14H15N5O3S2. The molecule has 0 fully saturated rings. The molecule has 126 valence electrons. The van der Waals surface area contributed by atoms with Gasteiger partial charge in [-0.3, -0.25) is 4.79 Å². The fourth-order valence-corrected chi connectivity index (χ4v) is 4.01. The van der Waals surface area contributed by atoms with Gasteiger partial charge in [-0.15, -0.1) is 10.2 Å². The summed E-state index contributed by atoms with van der Waals surface area (Å²) in [6, 6.07) is 5.85. The van der Waals surface area contributed by atoms with E-state index in [1.54, 1.807) is 11.4 Å². The van der Waals surface area contributed by atoms with Crippen LogP contribution in [0.1, 0.15) is 28.1 Å². The lowest BCUT2D eigenvalue weighted by Crippen LogP contribution is -2.26. The fourth-order valence-electron chi connectivity index (χ4n) is 2.10.